The molecule has 3 amide bonds. The Balaban J connectivity index is 1.59. The fourth-order valence-electron chi connectivity index (χ4n) is 2.57. The number of rotatable bonds is 3. The van der Waals surface area contributed by atoms with Crippen molar-refractivity contribution in [3.8, 4) is 0 Å². The van der Waals surface area contributed by atoms with Crippen LogP contribution in [0.1, 0.15) is 12.0 Å². The molecular weight excluding hydrogens is 292 g/mol. The van der Waals surface area contributed by atoms with Crippen LogP contribution in [0.2, 0.25) is 0 Å². The second-order valence-electron chi connectivity index (χ2n) is 5.58. The number of carbonyl (C=O) groups is 2. The largest absolute Gasteiger partial charge is 0.333 e. The van der Waals surface area contributed by atoms with Crippen molar-refractivity contribution in [2.45, 2.75) is 19.4 Å². The standard InChI is InChI=1S/C17H18N4O2/c1-12-4-6-15(7-5-12)21-11-14(9-16(21)22)20-17(23)19-13-3-2-8-18-10-13/h2-8,10,14H,9,11H2,1H3,(H2,19,20,23)/t14-/m1/s1. The van der Waals surface area contributed by atoms with Crippen LogP contribution >= 0.6 is 0 Å². The molecule has 0 spiro atoms. The van der Waals surface area contributed by atoms with E-state index in [9.17, 15) is 9.59 Å². The van der Waals surface area contributed by atoms with Crippen LogP contribution in [-0.4, -0.2) is 29.5 Å². The lowest BCUT2D eigenvalue weighted by Gasteiger charge is -2.17. The van der Waals surface area contributed by atoms with Gasteiger partial charge in [0.2, 0.25) is 5.91 Å². The van der Waals surface area contributed by atoms with Gasteiger partial charge in [-0.1, -0.05) is 17.7 Å². The summed E-state index contributed by atoms with van der Waals surface area (Å²) in [6.07, 6.45) is 3.50. The Bertz CT molecular complexity index is 700. The molecule has 1 aromatic heterocycles. The molecule has 1 aromatic carbocycles. The number of benzene rings is 1. The van der Waals surface area contributed by atoms with E-state index in [-0.39, 0.29) is 18.0 Å². The summed E-state index contributed by atoms with van der Waals surface area (Å²) in [6, 6.07) is 10.7. The lowest BCUT2D eigenvalue weighted by Crippen LogP contribution is -2.39. The molecule has 0 bridgehead atoms. The number of nitrogens with zero attached hydrogens (tertiary/aromatic N) is 2. The zero-order chi connectivity index (χ0) is 16.2. The van der Waals surface area contributed by atoms with Crippen LogP contribution in [-0.2, 0) is 4.79 Å². The fourth-order valence-corrected chi connectivity index (χ4v) is 2.57. The fraction of sp³-hybridized carbons (Fsp3) is 0.235. The van der Waals surface area contributed by atoms with E-state index >= 15 is 0 Å². The maximum atomic E-state index is 12.2. The van der Waals surface area contributed by atoms with Crippen LogP contribution < -0.4 is 15.5 Å². The molecule has 23 heavy (non-hydrogen) atoms. The zero-order valence-corrected chi connectivity index (χ0v) is 12.8. The third-order valence-electron chi connectivity index (χ3n) is 3.73. The van der Waals surface area contributed by atoms with Crippen molar-refractivity contribution < 1.29 is 9.59 Å². The van der Waals surface area contributed by atoms with Crippen LogP contribution in [0.15, 0.2) is 48.8 Å². The summed E-state index contributed by atoms with van der Waals surface area (Å²) in [5.74, 6) is 0.0144. The topological polar surface area (TPSA) is 74.3 Å². The lowest BCUT2D eigenvalue weighted by molar-refractivity contribution is -0.117. The van der Waals surface area contributed by atoms with E-state index in [4.69, 9.17) is 0 Å². The van der Waals surface area contributed by atoms with E-state index in [1.165, 1.54) is 0 Å². The highest BCUT2D eigenvalue weighted by atomic mass is 16.2. The van der Waals surface area contributed by atoms with Gasteiger partial charge in [0.15, 0.2) is 0 Å². The minimum Gasteiger partial charge on any atom is -0.333 e. The van der Waals surface area contributed by atoms with Gasteiger partial charge in [-0.2, -0.15) is 0 Å². The number of carbonyl (C=O) groups excluding carboxylic acids is 2. The van der Waals surface area contributed by atoms with Gasteiger partial charge >= 0.3 is 6.03 Å². The molecule has 118 valence electrons. The Hall–Kier alpha value is -2.89. The average Bonchev–Trinajstić information content (AvgIpc) is 2.89. The number of nitrogens with one attached hydrogen (secondary N) is 2. The molecule has 0 radical (unpaired) electrons. The molecule has 6 heteroatoms. The third-order valence-corrected chi connectivity index (χ3v) is 3.73. The van der Waals surface area contributed by atoms with Crippen LogP contribution in [0.25, 0.3) is 0 Å². The number of pyridine rings is 1. The number of amides is 3. The van der Waals surface area contributed by atoms with Crippen molar-refractivity contribution in [1.29, 1.82) is 0 Å². The molecule has 6 nitrogen and oxygen atoms in total. The Labute approximate surface area is 134 Å². The second kappa shape index (κ2) is 6.48. The summed E-state index contributed by atoms with van der Waals surface area (Å²) in [6.45, 7) is 2.48. The molecule has 0 saturated carbocycles. The molecule has 1 aliphatic rings. The van der Waals surface area contributed by atoms with Crippen molar-refractivity contribution in [1.82, 2.24) is 10.3 Å². The summed E-state index contributed by atoms with van der Waals surface area (Å²) in [4.78, 5) is 29.8. The van der Waals surface area contributed by atoms with Crippen LogP contribution in [0.5, 0.6) is 0 Å². The number of urea groups is 1. The molecule has 2 heterocycles. The number of aromatic nitrogens is 1. The first-order valence-electron chi connectivity index (χ1n) is 7.46. The van der Waals surface area contributed by atoms with Crippen LogP contribution in [0.3, 0.4) is 0 Å². The van der Waals surface area contributed by atoms with Crippen molar-refractivity contribution in [2.24, 2.45) is 0 Å². The summed E-state index contributed by atoms with van der Waals surface area (Å²) in [5.41, 5.74) is 2.62. The van der Waals surface area contributed by atoms with Crippen molar-refractivity contribution in [3.63, 3.8) is 0 Å². The number of anilines is 2. The van der Waals surface area contributed by atoms with E-state index in [1.807, 2.05) is 31.2 Å². The van der Waals surface area contributed by atoms with Crippen LogP contribution in [0.4, 0.5) is 16.2 Å². The third kappa shape index (κ3) is 3.66. The predicted molar refractivity (Wildman–Crippen MR) is 88.3 cm³/mol. The second-order valence-corrected chi connectivity index (χ2v) is 5.58. The highest BCUT2D eigenvalue weighted by molar-refractivity contribution is 5.97. The van der Waals surface area contributed by atoms with Crippen LogP contribution in [0, 0.1) is 6.92 Å². The Morgan fingerprint density at radius 3 is 2.74 bits per heavy atom. The number of aryl methyl sites for hydroxylation is 1. The smallest absolute Gasteiger partial charge is 0.319 e. The quantitative estimate of drug-likeness (QED) is 0.913. The molecule has 1 fully saturated rings. The number of hydrogen-bond acceptors (Lipinski definition) is 3. The molecule has 3 rings (SSSR count). The summed E-state index contributed by atoms with van der Waals surface area (Å²) in [7, 11) is 0. The normalized spacial score (nSPS) is 17.2. The van der Waals surface area contributed by atoms with E-state index in [2.05, 4.69) is 15.6 Å². The van der Waals surface area contributed by atoms with Crippen molar-refractivity contribution in [3.05, 3.63) is 54.4 Å². The van der Waals surface area contributed by atoms with Gasteiger partial charge in [0, 0.05) is 24.8 Å². The first kappa shape index (κ1) is 15.0. The minimum absolute atomic E-state index is 0.0144. The Morgan fingerprint density at radius 1 is 1.26 bits per heavy atom. The molecule has 2 aromatic rings. The first-order chi connectivity index (χ1) is 11.1. The molecule has 1 aliphatic heterocycles. The molecule has 1 saturated heterocycles. The molecule has 1 atom stereocenters. The zero-order valence-electron chi connectivity index (χ0n) is 12.8. The van der Waals surface area contributed by atoms with E-state index in [0.29, 0.717) is 18.7 Å². The molecule has 0 unspecified atom stereocenters. The first-order valence-corrected chi connectivity index (χ1v) is 7.46. The van der Waals surface area contributed by atoms with E-state index in [1.54, 1.807) is 29.4 Å². The van der Waals surface area contributed by atoms with Gasteiger partial charge in [-0.05, 0) is 31.2 Å². The summed E-state index contributed by atoms with van der Waals surface area (Å²) in [5, 5.41) is 5.53. The SMILES string of the molecule is Cc1ccc(N2C[C@H](NC(=O)Nc3cccnc3)CC2=O)cc1. The summed E-state index contributed by atoms with van der Waals surface area (Å²) < 4.78 is 0. The highest BCUT2D eigenvalue weighted by Gasteiger charge is 2.31. The summed E-state index contributed by atoms with van der Waals surface area (Å²) >= 11 is 0. The van der Waals surface area contributed by atoms with Gasteiger partial charge in [-0.3, -0.25) is 9.78 Å². The van der Waals surface area contributed by atoms with Gasteiger partial charge < -0.3 is 15.5 Å². The molecule has 2 N–H and O–H groups in total. The monoisotopic (exact) mass is 310 g/mol. The Morgan fingerprint density at radius 2 is 2.04 bits per heavy atom. The van der Waals surface area contributed by atoms with Gasteiger partial charge in [0.05, 0.1) is 17.9 Å². The van der Waals surface area contributed by atoms with Gasteiger partial charge in [-0.25, -0.2) is 4.79 Å². The average molecular weight is 310 g/mol. The van der Waals surface area contributed by atoms with Gasteiger partial charge in [-0.15, -0.1) is 0 Å². The Kier molecular flexibility index (Phi) is 4.23. The molecule has 0 aliphatic carbocycles. The minimum atomic E-state index is -0.332. The maximum Gasteiger partial charge on any atom is 0.319 e. The predicted octanol–water partition coefficient (Wildman–Crippen LogP) is 2.32. The number of hydrogen-bond donors (Lipinski definition) is 2. The highest BCUT2D eigenvalue weighted by Crippen LogP contribution is 2.22. The van der Waals surface area contributed by atoms with Gasteiger partial charge in [0.1, 0.15) is 0 Å². The van der Waals surface area contributed by atoms with E-state index in [0.717, 1.165) is 11.3 Å². The van der Waals surface area contributed by atoms with Crippen molar-refractivity contribution in [2.75, 3.05) is 16.8 Å². The molecular formula is C17H18N4O2. The lowest BCUT2D eigenvalue weighted by atomic mass is 10.2. The van der Waals surface area contributed by atoms with E-state index < -0.39 is 0 Å². The maximum absolute atomic E-state index is 12.2. The van der Waals surface area contributed by atoms with Crippen molar-refractivity contribution >= 4 is 23.3 Å². The van der Waals surface area contributed by atoms with Gasteiger partial charge in [0.25, 0.3) is 0 Å².